The molecule has 1 aliphatic heterocycles. The molecular formula is C24H28Cl2F3N3O3S. The summed E-state index contributed by atoms with van der Waals surface area (Å²) in [5.74, 6) is -0.977. The summed E-state index contributed by atoms with van der Waals surface area (Å²) in [4.78, 5) is 14.7. The van der Waals surface area contributed by atoms with Crippen LogP contribution < -0.4 is 10.6 Å². The van der Waals surface area contributed by atoms with Crippen LogP contribution in [-0.4, -0.2) is 51.2 Å². The lowest BCUT2D eigenvalue weighted by Gasteiger charge is -2.33. The average molecular weight is 566 g/mol. The third-order valence-electron chi connectivity index (χ3n) is 6.24. The monoisotopic (exact) mass is 565 g/mol. The summed E-state index contributed by atoms with van der Waals surface area (Å²) >= 11 is 12.3. The first-order valence-corrected chi connectivity index (χ1v) is 13.8. The number of carbonyl (C=O) groups excluding carboxylic acids is 1. The first-order valence-electron chi connectivity index (χ1n) is 11.4. The number of nitrogens with one attached hydrogen (secondary N) is 2. The van der Waals surface area contributed by atoms with Gasteiger partial charge in [-0.15, -0.1) is 0 Å². The molecule has 1 saturated heterocycles. The number of carbonyl (C=O) groups is 1. The van der Waals surface area contributed by atoms with Crippen molar-refractivity contribution >= 4 is 38.9 Å². The molecule has 1 heterocycles. The highest BCUT2D eigenvalue weighted by Gasteiger charge is 2.36. The Kier molecular flexibility index (Phi) is 9.32. The summed E-state index contributed by atoms with van der Waals surface area (Å²) in [6, 6.07) is 6.35. The quantitative estimate of drug-likeness (QED) is 0.475. The molecular weight excluding hydrogens is 538 g/mol. The van der Waals surface area contributed by atoms with Gasteiger partial charge in [-0.25, -0.2) is 8.42 Å². The van der Waals surface area contributed by atoms with Crippen molar-refractivity contribution in [3.05, 3.63) is 62.6 Å². The molecule has 0 bridgehead atoms. The van der Waals surface area contributed by atoms with Crippen molar-refractivity contribution in [1.29, 1.82) is 0 Å². The maximum Gasteiger partial charge on any atom is 0.416 e. The van der Waals surface area contributed by atoms with E-state index in [9.17, 15) is 26.4 Å². The van der Waals surface area contributed by atoms with Gasteiger partial charge in [-0.05, 0) is 67.9 Å². The van der Waals surface area contributed by atoms with Gasteiger partial charge in [0.2, 0.25) is 0 Å². The van der Waals surface area contributed by atoms with Gasteiger partial charge in [0.25, 0.3) is 5.91 Å². The van der Waals surface area contributed by atoms with Crippen molar-refractivity contribution in [2.24, 2.45) is 0 Å². The van der Waals surface area contributed by atoms with E-state index in [1.807, 2.05) is 11.9 Å². The summed E-state index contributed by atoms with van der Waals surface area (Å²) in [5.41, 5.74) is -1.09. The molecule has 0 radical (unpaired) electrons. The molecule has 0 unspecified atom stereocenters. The van der Waals surface area contributed by atoms with E-state index in [2.05, 4.69) is 10.6 Å². The van der Waals surface area contributed by atoms with Crippen molar-refractivity contribution in [2.45, 2.75) is 50.0 Å². The maximum absolute atomic E-state index is 14.0. The SMILES string of the molecule is CCS(=O)(=O)c1ccc(Cl)cc1CNC(=O)c1cc(Cl)c(CN2CCC[C@@H](NC)C2)c(C(F)(F)F)c1. The van der Waals surface area contributed by atoms with Gasteiger partial charge in [0.15, 0.2) is 9.84 Å². The van der Waals surface area contributed by atoms with Gasteiger partial charge >= 0.3 is 6.18 Å². The lowest BCUT2D eigenvalue weighted by molar-refractivity contribution is -0.138. The number of amides is 1. The molecule has 1 amide bonds. The van der Waals surface area contributed by atoms with Crippen molar-refractivity contribution in [1.82, 2.24) is 15.5 Å². The first kappa shape index (κ1) is 28.7. The third kappa shape index (κ3) is 6.92. The Labute approximate surface area is 219 Å². The van der Waals surface area contributed by atoms with Gasteiger partial charge < -0.3 is 10.6 Å². The number of likely N-dealkylation sites (N-methyl/N-ethyl adjacent to an activating group) is 1. The van der Waals surface area contributed by atoms with E-state index in [1.54, 1.807) is 0 Å². The molecule has 0 aliphatic carbocycles. The Bertz CT molecular complexity index is 1220. The molecule has 1 aliphatic rings. The number of piperidine rings is 1. The van der Waals surface area contributed by atoms with E-state index in [1.165, 1.54) is 31.2 Å². The smallest absolute Gasteiger partial charge is 0.348 e. The lowest BCUT2D eigenvalue weighted by Crippen LogP contribution is -2.44. The van der Waals surface area contributed by atoms with Crippen LogP contribution in [0, 0.1) is 0 Å². The van der Waals surface area contributed by atoms with Crippen molar-refractivity contribution in [3.8, 4) is 0 Å². The van der Waals surface area contributed by atoms with Crippen molar-refractivity contribution < 1.29 is 26.4 Å². The van der Waals surface area contributed by atoms with Crippen LogP contribution in [0.1, 0.15) is 46.8 Å². The molecule has 2 N–H and O–H groups in total. The van der Waals surface area contributed by atoms with Crippen LogP contribution in [0.5, 0.6) is 0 Å². The van der Waals surface area contributed by atoms with Gasteiger partial charge in [0, 0.05) is 41.3 Å². The Morgan fingerprint density at radius 1 is 1.19 bits per heavy atom. The summed E-state index contributed by atoms with van der Waals surface area (Å²) in [6.45, 7) is 2.49. The van der Waals surface area contributed by atoms with Gasteiger partial charge in [0.05, 0.1) is 16.2 Å². The largest absolute Gasteiger partial charge is 0.416 e. The fraction of sp³-hybridized carbons (Fsp3) is 0.458. The number of nitrogens with zero attached hydrogens (tertiary/aromatic N) is 1. The Balaban J connectivity index is 1.87. The summed E-state index contributed by atoms with van der Waals surface area (Å²) < 4.78 is 66.7. The van der Waals surface area contributed by atoms with Crippen molar-refractivity contribution in [3.63, 3.8) is 0 Å². The highest BCUT2D eigenvalue weighted by molar-refractivity contribution is 7.91. The molecule has 1 fully saturated rings. The Hall–Kier alpha value is -1.85. The van der Waals surface area contributed by atoms with Crippen LogP contribution in [0.25, 0.3) is 0 Å². The van der Waals surface area contributed by atoms with Gasteiger partial charge in [0.1, 0.15) is 0 Å². The van der Waals surface area contributed by atoms with E-state index in [4.69, 9.17) is 23.2 Å². The van der Waals surface area contributed by atoms with Crippen LogP contribution >= 0.6 is 23.2 Å². The molecule has 1 atom stereocenters. The molecule has 36 heavy (non-hydrogen) atoms. The zero-order chi connectivity index (χ0) is 26.7. The fourth-order valence-corrected chi connectivity index (χ4v) is 5.85. The Morgan fingerprint density at radius 2 is 1.92 bits per heavy atom. The highest BCUT2D eigenvalue weighted by Crippen LogP contribution is 2.37. The normalized spacial score (nSPS) is 17.2. The molecule has 2 aromatic rings. The number of likely N-dealkylation sites (tertiary alicyclic amines) is 1. The third-order valence-corrected chi connectivity index (χ3v) is 8.64. The molecule has 198 valence electrons. The second-order valence-electron chi connectivity index (χ2n) is 8.68. The minimum absolute atomic E-state index is 0.000431. The van der Waals surface area contributed by atoms with E-state index in [0.29, 0.717) is 13.1 Å². The van der Waals surface area contributed by atoms with Gasteiger partial charge in [-0.1, -0.05) is 30.1 Å². The van der Waals surface area contributed by atoms with Crippen LogP contribution in [0.15, 0.2) is 35.2 Å². The van der Waals surface area contributed by atoms with Crippen LogP contribution in [0.2, 0.25) is 10.0 Å². The van der Waals surface area contributed by atoms with Crippen LogP contribution in [-0.2, 0) is 29.1 Å². The standard InChI is InChI=1S/C24H28Cl2F3N3O3S/c1-3-36(34,35)22-7-6-17(25)9-16(22)12-31-23(33)15-10-20(24(27,28)29)19(21(26)11-15)14-32-8-4-5-18(13-32)30-2/h6-7,9-11,18,30H,3-5,8,12-14H2,1-2H3,(H,31,33)/t18-/m1/s1. The topological polar surface area (TPSA) is 78.5 Å². The van der Waals surface area contributed by atoms with E-state index < -0.39 is 27.5 Å². The van der Waals surface area contributed by atoms with E-state index in [-0.39, 0.29) is 56.5 Å². The number of alkyl halides is 3. The second kappa shape index (κ2) is 11.7. The summed E-state index contributed by atoms with van der Waals surface area (Å²) in [7, 11) is -1.79. The van der Waals surface area contributed by atoms with E-state index in [0.717, 1.165) is 18.9 Å². The molecule has 0 saturated carbocycles. The predicted octanol–water partition coefficient (Wildman–Crippen LogP) is 4.92. The minimum Gasteiger partial charge on any atom is -0.348 e. The van der Waals surface area contributed by atoms with Crippen LogP contribution in [0.3, 0.4) is 0 Å². The molecule has 0 aromatic heterocycles. The van der Waals surface area contributed by atoms with Crippen LogP contribution in [0.4, 0.5) is 13.2 Å². The minimum atomic E-state index is -4.72. The molecule has 2 aromatic carbocycles. The lowest BCUT2D eigenvalue weighted by atomic mass is 10.00. The first-order chi connectivity index (χ1) is 16.9. The molecule has 3 rings (SSSR count). The predicted molar refractivity (Wildman–Crippen MR) is 134 cm³/mol. The average Bonchev–Trinajstić information content (AvgIpc) is 2.82. The summed E-state index contributed by atoms with van der Waals surface area (Å²) in [6.07, 6.45) is -2.92. The molecule has 6 nitrogen and oxygen atoms in total. The number of benzene rings is 2. The van der Waals surface area contributed by atoms with Gasteiger partial charge in [-0.3, -0.25) is 9.69 Å². The number of sulfone groups is 1. The number of hydrogen-bond donors (Lipinski definition) is 2. The number of hydrogen-bond acceptors (Lipinski definition) is 5. The maximum atomic E-state index is 14.0. The van der Waals surface area contributed by atoms with Crippen molar-refractivity contribution in [2.75, 3.05) is 25.9 Å². The van der Waals surface area contributed by atoms with Gasteiger partial charge in [-0.2, -0.15) is 13.2 Å². The Morgan fingerprint density at radius 3 is 2.56 bits per heavy atom. The zero-order valence-corrected chi connectivity index (χ0v) is 22.2. The molecule has 0 spiro atoms. The fourth-order valence-electron chi connectivity index (χ4n) is 4.26. The number of halogens is 5. The zero-order valence-electron chi connectivity index (χ0n) is 19.9. The summed E-state index contributed by atoms with van der Waals surface area (Å²) in [5, 5.41) is 5.76. The number of rotatable bonds is 8. The highest BCUT2D eigenvalue weighted by atomic mass is 35.5. The van der Waals surface area contributed by atoms with E-state index >= 15 is 0 Å². The second-order valence-corrected chi connectivity index (χ2v) is 11.8. The molecule has 12 heteroatoms.